The number of fused-ring (bicyclic) bond motifs is 1. The van der Waals surface area contributed by atoms with Gasteiger partial charge in [0.2, 0.25) is 11.8 Å². The van der Waals surface area contributed by atoms with Crippen LogP contribution in [-0.4, -0.2) is 64.8 Å². The van der Waals surface area contributed by atoms with Crippen LogP contribution in [0.25, 0.3) is 0 Å². The molecule has 1 saturated carbocycles. The Morgan fingerprint density at radius 2 is 2.03 bits per heavy atom. The average Bonchev–Trinajstić information content (AvgIpc) is 3.64. The van der Waals surface area contributed by atoms with Gasteiger partial charge >= 0.3 is 0 Å². The molecular formula is C27H40N4O5. The van der Waals surface area contributed by atoms with Gasteiger partial charge in [0.15, 0.2) is 5.96 Å². The molecule has 4 rings (SSSR count). The van der Waals surface area contributed by atoms with Crippen molar-refractivity contribution in [3.05, 3.63) is 29.8 Å². The number of rotatable bonds is 9. The smallest absolute Gasteiger partial charge is 0.231 e. The first-order chi connectivity index (χ1) is 17.1. The zero-order valence-corrected chi connectivity index (χ0v) is 22.0. The van der Waals surface area contributed by atoms with Gasteiger partial charge in [0, 0.05) is 31.2 Å². The summed E-state index contributed by atoms with van der Waals surface area (Å²) in [4.78, 5) is 33.1. The van der Waals surface area contributed by atoms with E-state index in [1.165, 1.54) is 0 Å². The van der Waals surface area contributed by atoms with Gasteiger partial charge in [-0.3, -0.25) is 14.5 Å². The van der Waals surface area contributed by atoms with Crippen LogP contribution >= 0.6 is 0 Å². The van der Waals surface area contributed by atoms with E-state index in [2.05, 4.69) is 5.32 Å². The highest BCUT2D eigenvalue weighted by Gasteiger charge is 2.53. The topological polar surface area (TPSA) is 126 Å². The molecule has 0 spiro atoms. The van der Waals surface area contributed by atoms with Crippen molar-refractivity contribution in [3.63, 3.8) is 0 Å². The first-order valence-electron chi connectivity index (χ1n) is 13.0. The van der Waals surface area contributed by atoms with E-state index in [9.17, 15) is 14.7 Å². The summed E-state index contributed by atoms with van der Waals surface area (Å²) in [6, 6.07) is 6.59. The summed E-state index contributed by atoms with van der Waals surface area (Å²) in [5.41, 5.74) is 5.82. The minimum atomic E-state index is -0.916. The second-order valence-electron chi connectivity index (χ2n) is 10.9. The van der Waals surface area contributed by atoms with Crippen molar-refractivity contribution in [3.8, 4) is 5.75 Å². The fourth-order valence-electron chi connectivity index (χ4n) is 5.72. The summed E-state index contributed by atoms with van der Waals surface area (Å²) in [7, 11) is 1.62. The molecule has 198 valence electrons. The number of carbonyl (C=O) groups is 2. The number of aliphatic hydroxyl groups excluding tert-OH is 1. The molecule has 0 aromatic heterocycles. The number of aliphatic hydroxyl groups is 1. The molecule has 9 nitrogen and oxygen atoms in total. The lowest BCUT2D eigenvalue weighted by atomic mass is 9.86. The Balaban J connectivity index is 1.53. The van der Waals surface area contributed by atoms with Crippen molar-refractivity contribution in [2.45, 2.75) is 89.1 Å². The van der Waals surface area contributed by atoms with Crippen LogP contribution < -0.4 is 15.8 Å². The van der Waals surface area contributed by atoms with E-state index in [0.29, 0.717) is 31.6 Å². The van der Waals surface area contributed by atoms with Gasteiger partial charge in [-0.15, -0.1) is 0 Å². The maximum absolute atomic E-state index is 13.4. The Morgan fingerprint density at radius 1 is 1.33 bits per heavy atom. The van der Waals surface area contributed by atoms with Gasteiger partial charge in [0.1, 0.15) is 17.5 Å². The molecule has 3 aliphatic rings. The number of amides is 2. The summed E-state index contributed by atoms with van der Waals surface area (Å²) in [6.45, 7) is 8.11. The minimum Gasteiger partial charge on any atom is -0.485 e. The molecule has 36 heavy (non-hydrogen) atoms. The van der Waals surface area contributed by atoms with Crippen LogP contribution in [0.1, 0.15) is 71.4 Å². The number of hydrogen-bond acceptors (Lipinski definition) is 7. The molecule has 0 unspecified atom stereocenters. The lowest BCUT2D eigenvalue weighted by Crippen LogP contribution is -2.56. The molecule has 4 N–H and O–H groups in total. The summed E-state index contributed by atoms with van der Waals surface area (Å²) in [5.74, 6) is 0.347. The number of carbonyl (C=O) groups excluding carboxylic acids is 2. The number of benzene rings is 1. The van der Waals surface area contributed by atoms with E-state index in [0.717, 1.165) is 18.4 Å². The van der Waals surface area contributed by atoms with Gasteiger partial charge in [-0.25, -0.2) is 4.99 Å². The summed E-state index contributed by atoms with van der Waals surface area (Å²) >= 11 is 0. The maximum atomic E-state index is 13.4. The third kappa shape index (κ3) is 4.83. The third-order valence-corrected chi connectivity index (χ3v) is 8.24. The van der Waals surface area contributed by atoms with Crippen LogP contribution in [0.5, 0.6) is 5.75 Å². The Morgan fingerprint density at radius 3 is 2.67 bits per heavy atom. The second-order valence-corrected chi connectivity index (χ2v) is 10.9. The molecule has 0 radical (unpaired) electrons. The monoisotopic (exact) mass is 500 g/mol. The quantitative estimate of drug-likeness (QED) is 0.478. The summed E-state index contributed by atoms with van der Waals surface area (Å²) in [6.07, 6.45) is 2.08. The van der Waals surface area contributed by atoms with Gasteiger partial charge < -0.3 is 25.6 Å². The maximum Gasteiger partial charge on any atom is 0.231 e. The summed E-state index contributed by atoms with van der Waals surface area (Å²) < 4.78 is 11.3. The number of nitrogens with two attached hydrogens (primary N) is 1. The number of ether oxygens (including phenoxy) is 2. The van der Waals surface area contributed by atoms with E-state index >= 15 is 0 Å². The Hall–Kier alpha value is -2.65. The highest BCUT2D eigenvalue weighted by atomic mass is 16.5. The predicted octanol–water partition coefficient (Wildman–Crippen LogP) is 2.52. The number of para-hydroxylation sites is 1. The van der Waals surface area contributed by atoms with Gasteiger partial charge in [-0.05, 0) is 51.5 Å². The predicted molar refractivity (Wildman–Crippen MR) is 136 cm³/mol. The van der Waals surface area contributed by atoms with Gasteiger partial charge in [-0.1, -0.05) is 32.0 Å². The normalized spacial score (nSPS) is 29.0. The SMILES string of the molecule is CCC1(CC)CC(=O)N([C@H](CCOC)[C@@H]2C[C@H]2C(=O)N[C@@H]2c3ccccc3OC(C)(C)[C@H]2O)C(N)=N1. The number of nitrogens with one attached hydrogen (secondary N) is 1. The van der Waals surface area contributed by atoms with Crippen molar-refractivity contribution in [2.24, 2.45) is 22.6 Å². The van der Waals surface area contributed by atoms with Crippen LogP contribution in [0.3, 0.4) is 0 Å². The lowest BCUT2D eigenvalue weighted by Gasteiger charge is -2.42. The highest BCUT2D eigenvalue weighted by Crippen LogP contribution is 2.47. The third-order valence-electron chi connectivity index (χ3n) is 8.24. The standard InChI is InChI=1S/C27H40N4O5/c1-6-27(7-2)15-21(32)31(25(28)30-27)19(12-13-35-5)17-14-18(17)24(34)29-22-16-10-8-9-11-20(16)36-26(3,4)23(22)33/h8-11,17-19,22-23,33H,6-7,12-15H2,1-5H3,(H2,28,30)(H,29,34)/t17-,18-,19-,22-,23+/m1/s1. The molecule has 1 aliphatic carbocycles. The average molecular weight is 501 g/mol. The summed E-state index contributed by atoms with van der Waals surface area (Å²) in [5, 5.41) is 14.1. The molecule has 0 saturated heterocycles. The molecule has 2 aliphatic heterocycles. The van der Waals surface area contributed by atoms with Crippen LogP contribution in [0.15, 0.2) is 29.3 Å². The van der Waals surface area contributed by atoms with Crippen LogP contribution in [-0.2, 0) is 14.3 Å². The molecule has 1 aromatic rings. The molecule has 1 fully saturated rings. The van der Waals surface area contributed by atoms with Crippen molar-refractivity contribution in [2.75, 3.05) is 13.7 Å². The van der Waals surface area contributed by atoms with E-state index < -0.39 is 23.3 Å². The Labute approximate surface area is 213 Å². The van der Waals surface area contributed by atoms with Crippen LogP contribution in [0, 0.1) is 11.8 Å². The van der Waals surface area contributed by atoms with E-state index in [4.69, 9.17) is 20.2 Å². The van der Waals surface area contributed by atoms with Crippen LogP contribution in [0.2, 0.25) is 0 Å². The Bertz CT molecular complexity index is 1020. The number of aliphatic imine (C=N–C) groups is 1. The molecule has 9 heteroatoms. The largest absolute Gasteiger partial charge is 0.485 e. The van der Waals surface area contributed by atoms with E-state index in [1.807, 2.05) is 52.0 Å². The molecule has 5 atom stereocenters. The number of methoxy groups -OCH3 is 1. The number of guanidine groups is 1. The zero-order valence-electron chi connectivity index (χ0n) is 22.0. The second kappa shape index (κ2) is 10.0. The minimum absolute atomic E-state index is 0.0473. The van der Waals surface area contributed by atoms with Crippen molar-refractivity contribution >= 4 is 17.8 Å². The highest BCUT2D eigenvalue weighted by molar-refractivity contribution is 5.99. The first kappa shape index (κ1) is 26.4. The van der Waals surface area contributed by atoms with Crippen molar-refractivity contribution in [1.82, 2.24) is 10.2 Å². The van der Waals surface area contributed by atoms with E-state index in [-0.39, 0.29) is 35.7 Å². The molecule has 0 bridgehead atoms. The first-order valence-corrected chi connectivity index (χ1v) is 13.0. The van der Waals surface area contributed by atoms with Gasteiger partial charge in [0.25, 0.3) is 0 Å². The van der Waals surface area contributed by atoms with Gasteiger partial charge in [-0.2, -0.15) is 0 Å². The fraction of sp³-hybridized carbons (Fsp3) is 0.667. The molecular weight excluding hydrogens is 460 g/mol. The van der Waals surface area contributed by atoms with Crippen LogP contribution in [0.4, 0.5) is 0 Å². The lowest BCUT2D eigenvalue weighted by molar-refractivity contribution is -0.133. The number of nitrogens with zero attached hydrogens (tertiary/aromatic N) is 2. The molecule has 2 heterocycles. The number of hydrogen-bond donors (Lipinski definition) is 3. The molecule has 2 amide bonds. The van der Waals surface area contributed by atoms with Gasteiger partial charge in [0.05, 0.1) is 18.0 Å². The fourth-order valence-corrected chi connectivity index (χ4v) is 5.72. The van der Waals surface area contributed by atoms with Crippen molar-refractivity contribution < 1.29 is 24.2 Å². The van der Waals surface area contributed by atoms with E-state index in [1.54, 1.807) is 12.0 Å². The van der Waals surface area contributed by atoms with Crippen molar-refractivity contribution in [1.29, 1.82) is 0 Å². The Kier molecular flexibility index (Phi) is 7.35. The molecule has 1 aromatic carbocycles. The zero-order chi connectivity index (χ0) is 26.3.